The number of ether oxygens (including phenoxy) is 1. The molecule has 2 aromatic carbocycles. The highest BCUT2D eigenvalue weighted by Gasteiger charge is 2.36. The van der Waals surface area contributed by atoms with Gasteiger partial charge < -0.3 is 25.4 Å². The van der Waals surface area contributed by atoms with Crippen molar-refractivity contribution in [3.63, 3.8) is 0 Å². The van der Waals surface area contributed by atoms with Crippen LogP contribution >= 0.6 is 11.3 Å². The summed E-state index contributed by atoms with van der Waals surface area (Å²) in [4.78, 5) is 33.3. The number of alkyl halides is 3. The Kier molecular flexibility index (Phi) is 9.14. The molecule has 2 fully saturated rings. The summed E-state index contributed by atoms with van der Waals surface area (Å²) in [5.41, 5.74) is 1.43. The average Bonchev–Trinajstić information content (AvgIpc) is 3.73. The number of rotatable bonds is 9. The van der Waals surface area contributed by atoms with Crippen LogP contribution < -0.4 is 15.4 Å². The second-order valence-electron chi connectivity index (χ2n) is 10.7. The molecule has 0 radical (unpaired) electrons. The van der Waals surface area contributed by atoms with E-state index >= 15 is 0 Å². The third-order valence-corrected chi connectivity index (χ3v) is 8.69. The SMILES string of the molecule is Cc1csc([C@H]2CCCN2C(=O)c2cc(OC(F)(F)F)cc(C(=O)N[C@@H](Cc3ccccc3)[C@H](O)[C@H]3CCCN3)c2)n1. The molecule has 3 aromatic rings. The number of carbonyl (C=O) groups excluding carboxylic acids is 2. The lowest BCUT2D eigenvalue weighted by Gasteiger charge is -2.29. The van der Waals surface area contributed by atoms with Gasteiger partial charge in [0.15, 0.2) is 0 Å². The minimum absolute atomic E-state index is 0.0975. The van der Waals surface area contributed by atoms with Gasteiger partial charge in [0.1, 0.15) is 10.8 Å². The van der Waals surface area contributed by atoms with Crippen LogP contribution in [0.25, 0.3) is 0 Å². The summed E-state index contributed by atoms with van der Waals surface area (Å²) < 4.78 is 43.9. The van der Waals surface area contributed by atoms with Crippen LogP contribution in [0.1, 0.15) is 68.7 Å². The maximum absolute atomic E-state index is 13.7. The first kappa shape index (κ1) is 30.0. The Hall–Kier alpha value is -3.48. The molecule has 5 rings (SSSR count). The third kappa shape index (κ3) is 7.29. The molecule has 42 heavy (non-hydrogen) atoms. The van der Waals surface area contributed by atoms with Crippen molar-refractivity contribution in [3.8, 4) is 5.75 Å². The number of carbonyl (C=O) groups is 2. The fraction of sp³-hybridized carbons (Fsp3) is 0.433. The van der Waals surface area contributed by atoms with Gasteiger partial charge in [-0.2, -0.15) is 0 Å². The molecule has 0 aliphatic carbocycles. The number of aliphatic hydroxyl groups is 1. The molecule has 1 aromatic heterocycles. The van der Waals surface area contributed by atoms with Crippen LogP contribution in [0.4, 0.5) is 13.2 Å². The van der Waals surface area contributed by atoms with Crippen LogP contribution in [-0.4, -0.2) is 64.4 Å². The Labute approximate surface area is 245 Å². The maximum atomic E-state index is 13.7. The highest BCUT2D eigenvalue weighted by molar-refractivity contribution is 7.09. The number of aromatic nitrogens is 1. The Morgan fingerprint density at radius 2 is 1.93 bits per heavy atom. The predicted octanol–water partition coefficient (Wildman–Crippen LogP) is 4.78. The maximum Gasteiger partial charge on any atom is 0.573 e. The molecule has 3 N–H and O–H groups in total. The van der Waals surface area contributed by atoms with Crippen molar-refractivity contribution in [1.29, 1.82) is 0 Å². The standard InChI is InChI=1S/C30H33F3N4O4S/c1-18-17-42-28(35-18)25-10-6-12-37(25)29(40)21-14-20(15-22(16-21)41-30(31,32)33)27(39)36-24(13-19-7-3-2-4-8-19)26(38)23-9-5-11-34-23/h2-4,7-8,14-17,23-26,34,38H,5-6,9-13H2,1H3,(H,36,39)/t23-,24+,25-,26-/m1/s1. The Bertz CT molecular complexity index is 1390. The van der Waals surface area contributed by atoms with Crippen molar-refractivity contribution in [2.24, 2.45) is 0 Å². The monoisotopic (exact) mass is 602 g/mol. The van der Waals surface area contributed by atoms with E-state index < -0.39 is 36.1 Å². The van der Waals surface area contributed by atoms with E-state index in [0.717, 1.165) is 54.2 Å². The normalized spacial score (nSPS) is 20.4. The summed E-state index contributed by atoms with van der Waals surface area (Å²) in [7, 11) is 0. The first-order chi connectivity index (χ1) is 20.1. The molecule has 0 saturated carbocycles. The largest absolute Gasteiger partial charge is 0.573 e. The van der Waals surface area contributed by atoms with Gasteiger partial charge in [-0.1, -0.05) is 30.3 Å². The molecule has 8 nitrogen and oxygen atoms in total. The first-order valence-electron chi connectivity index (χ1n) is 14.0. The van der Waals surface area contributed by atoms with Gasteiger partial charge in [0.05, 0.1) is 18.2 Å². The highest BCUT2D eigenvalue weighted by Crippen LogP contribution is 2.36. The van der Waals surface area contributed by atoms with Gasteiger partial charge in [-0.25, -0.2) is 4.98 Å². The number of amides is 2. The zero-order valence-corrected chi connectivity index (χ0v) is 23.9. The number of hydrogen-bond donors (Lipinski definition) is 3. The molecule has 0 bridgehead atoms. The third-order valence-electron chi connectivity index (χ3n) is 7.62. The van der Waals surface area contributed by atoms with E-state index in [9.17, 15) is 27.9 Å². The summed E-state index contributed by atoms with van der Waals surface area (Å²) in [5.74, 6) is -1.90. The van der Waals surface area contributed by atoms with Gasteiger partial charge in [0.25, 0.3) is 11.8 Å². The summed E-state index contributed by atoms with van der Waals surface area (Å²) in [6.07, 6.45) is -2.66. The predicted molar refractivity (Wildman–Crippen MR) is 151 cm³/mol. The van der Waals surface area contributed by atoms with Gasteiger partial charge in [0.2, 0.25) is 0 Å². The number of nitrogens with zero attached hydrogens (tertiary/aromatic N) is 2. The fourth-order valence-electron chi connectivity index (χ4n) is 5.66. The minimum atomic E-state index is -5.02. The van der Waals surface area contributed by atoms with Crippen molar-refractivity contribution in [2.45, 2.75) is 69.6 Å². The Morgan fingerprint density at radius 1 is 1.17 bits per heavy atom. The lowest BCUT2D eigenvalue weighted by Crippen LogP contribution is -2.52. The minimum Gasteiger partial charge on any atom is -0.406 e. The summed E-state index contributed by atoms with van der Waals surface area (Å²) >= 11 is 1.43. The molecule has 0 unspecified atom stereocenters. The van der Waals surface area contributed by atoms with Crippen molar-refractivity contribution in [1.82, 2.24) is 20.5 Å². The fourth-order valence-corrected chi connectivity index (χ4v) is 6.61. The lowest BCUT2D eigenvalue weighted by molar-refractivity contribution is -0.274. The van der Waals surface area contributed by atoms with Gasteiger partial charge in [-0.05, 0) is 69.3 Å². The van der Waals surface area contributed by atoms with Gasteiger partial charge in [-0.3, -0.25) is 9.59 Å². The van der Waals surface area contributed by atoms with Crippen molar-refractivity contribution >= 4 is 23.2 Å². The highest BCUT2D eigenvalue weighted by atomic mass is 32.1. The lowest BCUT2D eigenvalue weighted by atomic mass is 9.95. The molecule has 0 spiro atoms. The van der Waals surface area contributed by atoms with Crippen LogP contribution in [0.5, 0.6) is 5.75 Å². The molecular weight excluding hydrogens is 569 g/mol. The number of thiazole rings is 1. The van der Waals surface area contributed by atoms with Crippen LogP contribution in [-0.2, 0) is 6.42 Å². The van der Waals surface area contributed by atoms with Gasteiger partial charge in [-0.15, -0.1) is 24.5 Å². The molecular formula is C30H33F3N4O4S. The number of aryl methyl sites for hydroxylation is 1. The Balaban J connectivity index is 1.43. The van der Waals surface area contributed by atoms with E-state index in [4.69, 9.17) is 0 Å². The number of halogens is 3. The first-order valence-corrected chi connectivity index (χ1v) is 14.9. The average molecular weight is 603 g/mol. The summed E-state index contributed by atoms with van der Waals surface area (Å²) in [6.45, 7) is 3.01. The molecule has 2 aliphatic heterocycles. The smallest absolute Gasteiger partial charge is 0.406 e. The number of benzene rings is 2. The van der Waals surface area contributed by atoms with E-state index in [-0.39, 0.29) is 23.2 Å². The van der Waals surface area contributed by atoms with E-state index in [1.165, 1.54) is 17.4 Å². The van der Waals surface area contributed by atoms with Gasteiger partial charge >= 0.3 is 6.36 Å². The van der Waals surface area contributed by atoms with Crippen LogP contribution in [0, 0.1) is 6.92 Å². The molecule has 2 aliphatic rings. The second-order valence-corrected chi connectivity index (χ2v) is 11.6. The number of nitrogens with one attached hydrogen (secondary N) is 2. The second kappa shape index (κ2) is 12.8. The van der Waals surface area contributed by atoms with Crippen LogP contribution in [0.2, 0.25) is 0 Å². The van der Waals surface area contributed by atoms with Crippen LogP contribution in [0.3, 0.4) is 0 Å². The molecule has 2 saturated heterocycles. The topological polar surface area (TPSA) is 104 Å². The van der Waals surface area contributed by atoms with E-state index in [1.807, 2.05) is 42.6 Å². The molecule has 3 heterocycles. The number of hydrogen-bond acceptors (Lipinski definition) is 7. The zero-order valence-electron chi connectivity index (χ0n) is 23.1. The number of aliphatic hydroxyl groups excluding tert-OH is 1. The van der Waals surface area contributed by atoms with E-state index in [2.05, 4.69) is 20.4 Å². The van der Waals surface area contributed by atoms with Crippen molar-refractivity contribution in [2.75, 3.05) is 13.1 Å². The molecule has 12 heteroatoms. The van der Waals surface area contributed by atoms with Gasteiger partial charge in [0, 0.05) is 34.8 Å². The summed E-state index contributed by atoms with van der Waals surface area (Å²) in [5, 5.41) is 19.9. The van der Waals surface area contributed by atoms with Crippen molar-refractivity contribution in [3.05, 3.63) is 81.3 Å². The van der Waals surface area contributed by atoms with Crippen LogP contribution in [0.15, 0.2) is 53.9 Å². The zero-order chi connectivity index (χ0) is 29.9. The van der Waals surface area contributed by atoms with Crippen molar-refractivity contribution < 1.29 is 32.6 Å². The number of likely N-dealkylation sites (tertiary alicyclic amines) is 1. The molecule has 4 atom stereocenters. The van der Waals surface area contributed by atoms with E-state index in [0.29, 0.717) is 19.4 Å². The molecule has 224 valence electrons. The van der Waals surface area contributed by atoms with E-state index in [1.54, 1.807) is 4.90 Å². The quantitative estimate of drug-likeness (QED) is 0.326. The molecule has 2 amide bonds. The Morgan fingerprint density at radius 3 is 2.60 bits per heavy atom. The summed E-state index contributed by atoms with van der Waals surface area (Å²) in [6, 6.07) is 11.3.